The molecule has 4 nitrogen and oxygen atoms in total. The average molecular weight is 198 g/mol. The van der Waals surface area contributed by atoms with Gasteiger partial charge in [0.05, 0.1) is 0 Å². The summed E-state index contributed by atoms with van der Waals surface area (Å²) in [4.78, 5) is 11.6. The second-order valence-corrected chi connectivity index (χ2v) is 4.42. The van der Waals surface area contributed by atoms with E-state index in [2.05, 4.69) is 5.01 Å². The van der Waals surface area contributed by atoms with Crippen molar-refractivity contribution in [3.8, 4) is 0 Å². The highest BCUT2D eigenvalue weighted by Gasteiger charge is 2.40. The Hall–Kier alpha value is -0.610. The van der Waals surface area contributed by atoms with Crippen LogP contribution in [0, 0.1) is 5.92 Å². The molecule has 1 aliphatic heterocycles. The van der Waals surface area contributed by atoms with Crippen molar-refractivity contribution < 1.29 is 9.90 Å². The molecule has 1 saturated heterocycles. The van der Waals surface area contributed by atoms with Gasteiger partial charge in [-0.25, -0.2) is 5.01 Å². The normalized spacial score (nSPS) is 25.9. The molecule has 0 aromatic rings. The molecule has 80 valence electrons. The molecule has 1 amide bonds. The van der Waals surface area contributed by atoms with Crippen LogP contribution in [0.15, 0.2) is 0 Å². The van der Waals surface area contributed by atoms with Crippen LogP contribution < -0.4 is 0 Å². The summed E-state index contributed by atoms with van der Waals surface area (Å²) in [5.41, 5.74) is 0. The van der Waals surface area contributed by atoms with Crippen LogP contribution in [0.1, 0.15) is 26.2 Å². The summed E-state index contributed by atoms with van der Waals surface area (Å²) in [6.45, 7) is 3.84. The van der Waals surface area contributed by atoms with E-state index in [1.807, 2.05) is 11.9 Å². The van der Waals surface area contributed by atoms with Gasteiger partial charge in [-0.3, -0.25) is 9.80 Å². The molecule has 1 saturated carbocycles. The Morgan fingerprint density at radius 1 is 1.57 bits per heavy atom. The molecule has 1 unspecified atom stereocenters. The van der Waals surface area contributed by atoms with Crippen LogP contribution in [0.25, 0.3) is 0 Å². The smallest absolute Gasteiger partial charge is 0.238 e. The quantitative estimate of drug-likeness (QED) is 0.703. The standard InChI is InChI=1S/C10H18N2O2/c1-8(7-13)6-11-5-4-10(14)12(11)9-2-3-9/h8-9,13H,2-7H2,1H3. The lowest BCUT2D eigenvalue weighted by atomic mass is 10.2. The number of carbonyl (C=O) groups excluding carboxylic acids is 1. The van der Waals surface area contributed by atoms with Crippen molar-refractivity contribution in [2.75, 3.05) is 19.7 Å². The number of aliphatic hydroxyl groups excluding tert-OH is 1. The molecule has 0 radical (unpaired) electrons. The van der Waals surface area contributed by atoms with Gasteiger partial charge in [0.2, 0.25) is 5.91 Å². The number of nitrogens with zero attached hydrogens (tertiary/aromatic N) is 2. The first-order valence-corrected chi connectivity index (χ1v) is 5.40. The van der Waals surface area contributed by atoms with Gasteiger partial charge in [-0.05, 0) is 18.8 Å². The predicted molar refractivity (Wildman–Crippen MR) is 52.3 cm³/mol. The fraction of sp³-hybridized carbons (Fsp3) is 0.900. The van der Waals surface area contributed by atoms with Crippen molar-refractivity contribution in [2.45, 2.75) is 32.2 Å². The molecule has 4 heteroatoms. The number of rotatable bonds is 4. The van der Waals surface area contributed by atoms with Gasteiger partial charge in [0, 0.05) is 32.2 Å². The zero-order valence-electron chi connectivity index (χ0n) is 8.65. The fourth-order valence-electron chi connectivity index (χ4n) is 1.96. The highest BCUT2D eigenvalue weighted by atomic mass is 16.3. The Morgan fingerprint density at radius 3 is 2.86 bits per heavy atom. The minimum absolute atomic E-state index is 0.198. The Bertz CT molecular complexity index is 228. The highest BCUT2D eigenvalue weighted by molar-refractivity contribution is 5.78. The van der Waals surface area contributed by atoms with E-state index < -0.39 is 0 Å². The minimum Gasteiger partial charge on any atom is -0.396 e. The van der Waals surface area contributed by atoms with Crippen LogP contribution in [0.2, 0.25) is 0 Å². The van der Waals surface area contributed by atoms with Crippen molar-refractivity contribution in [2.24, 2.45) is 5.92 Å². The molecule has 0 aromatic carbocycles. The van der Waals surface area contributed by atoms with E-state index in [1.165, 1.54) is 0 Å². The van der Waals surface area contributed by atoms with Gasteiger partial charge in [-0.2, -0.15) is 0 Å². The van der Waals surface area contributed by atoms with Gasteiger partial charge in [-0.15, -0.1) is 0 Å². The minimum atomic E-state index is 0.198. The molecule has 2 rings (SSSR count). The first-order valence-electron chi connectivity index (χ1n) is 5.40. The van der Waals surface area contributed by atoms with Crippen molar-refractivity contribution in [1.82, 2.24) is 10.0 Å². The topological polar surface area (TPSA) is 43.8 Å². The molecule has 1 heterocycles. The van der Waals surface area contributed by atoms with E-state index in [-0.39, 0.29) is 18.4 Å². The van der Waals surface area contributed by atoms with Gasteiger partial charge in [0.25, 0.3) is 0 Å². The molecule has 0 aromatic heterocycles. The lowest BCUT2D eigenvalue weighted by Crippen LogP contribution is -2.43. The zero-order valence-corrected chi connectivity index (χ0v) is 8.65. The number of hydrogen-bond donors (Lipinski definition) is 1. The zero-order chi connectivity index (χ0) is 10.1. The van der Waals surface area contributed by atoms with Gasteiger partial charge >= 0.3 is 0 Å². The van der Waals surface area contributed by atoms with E-state index in [4.69, 9.17) is 5.11 Å². The first-order chi connectivity index (χ1) is 6.72. The third kappa shape index (κ3) is 1.91. The van der Waals surface area contributed by atoms with Gasteiger partial charge in [0.15, 0.2) is 0 Å². The van der Waals surface area contributed by atoms with Crippen molar-refractivity contribution in [1.29, 1.82) is 0 Å². The largest absolute Gasteiger partial charge is 0.396 e. The third-order valence-corrected chi connectivity index (χ3v) is 2.87. The van der Waals surface area contributed by atoms with Crippen LogP contribution >= 0.6 is 0 Å². The van der Waals surface area contributed by atoms with Crippen molar-refractivity contribution >= 4 is 5.91 Å². The number of amides is 1. The lowest BCUT2D eigenvalue weighted by Gasteiger charge is -2.29. The second-order valence-electron chi connectivity index (χ2n) is 4.42. The molecule has 2 aliphatic rings. The maximum Gasteiger partial charge on any atom is 0.238 e. The Kier molecular flexibility index (Phi) is 2.74. The van der Waals surface area contributed by atoms with Crippen molar-refractivity contribution in [3.05, 3.63) is 0 Å². The number of hydrogen-bond acceptors (Lipinski definition) is 3. The van der Waals surface area contributed by atoms with Gasteiger partial charge < -0.3 is 5.11 Å². The van der Waals surface area contributed by atoms with Gasteiger partial charge in [-0.1, -0.05) is 6.92 Å². The number of carbonyl (C=O) groups is 1. The Morgan fingerprint density at radius 2 is 2.29 bits per heavy atom. The maximum absolute atomic E-state index is 11.6. The molecule has 1 atom stereocenters. The fourth-order valence-corrected chi connectivity index (χ4v) is 1.96. The Balaban J connectivity index is 1.93. The average Bonchev–Trinajstić information content (AvgIpc) is 2.93. The molecule has 1 aliphatic carbocycles. The molecule has 2 fully saturated rings. The van der Waals surface area contributed by atoms with Crippen LogP contribution in [-0.2, 0) is 4.79 Å². The molecular weight excluding hydrogens is 180 g/mol. The monoisotopic (exact) mass is 198 g/mol. The summed E-state index contributed by atoms with van der Waals surface area (Å²) >= 11 is 0. The predicted octanol–water partition coefficient (Wildman–Crippen LogP) is 0.226. The third-order valence-electron chi connectivity index (χ3n) is 2.87. The Labute approximate surface area is 84.5 Å². The molecule has 14 heavy (non-hydrogen) atoms. The second kappa shape index (κ2) is 3.87. The van der Waals surface area contributed by atoms with Crippen LogP contribution in [0.4, 0.5) is 0 Å². The number of aliphatic hydroxyl groups is 1. The van der Waals surface area contributed by atoms with Crippen molar-refractivity contribution in [3.63, 3.8) is 0 Å². The highest BCUT2D eigenvalue weighted by Crippen LogP contribution is 2.31. The van der Waals surface area contributed by atoms with Crippen LogP contribution in [-0.4, -0.2) is 46.8 Å². The molecule has 1 N–H and O–H groups in total. The summed E-state index contributed by atoms with van der Waals surface area (Å²) in [6.07, 6.45) is 2.94. The van der Waals surface area contributed by atoms with E-state index in [0.29, 0.717) is 12.5 Å². The summed E-state index contributed by atoms with van der Waals surface area (Å²) < 4.78 is 0. The van der Waals surface area contributed by atoms with E-state index in [0.717, 1.165) is 25.9 Å². The SMILES string of the molecule is CC(CO)CN1CCC(=O)N1C1CC1. The number of hydrazine groups is 1. The maximum atomic E-state index is 11.6. The molecular formula is C10H18N2O2. The molecule has 0 bridgehead atoms. The summed E-state index contributed by atoms with van der Waals surface area (Å²) in [5.74, 6) is 0.514. The summed E-state index contributed by atoms with van der Waals surface area (Å²) in [5, 5.41) is 13.0. The first kappa shape index (κ1) is 9.93. The van der Waals surface area contributed by atoms with Gasteiger partial charge in [0.1, 0.15) is 0 Å². The summed E-state index contributed by atoms with van der Waals surface area (Å²) in [7, 11) is 0. The van der Waals surface area contributed by atoms with Crippen LogP contribution in [0.3, 0.4) is 0 Å². The van der Waals surface area contributed by atoms with Crippen LogP contribution in [0.5, 0.6) is 0 Å². The summed E-state index contributed by atoms with van der Waals surface area (Å²) in [6, 6.07) is 0.468. The van der Waals surface area contributed by atoms with E-state index in [1.54, 1.807) is 0 Å². The molecule has 0 spiro atoms. The lowest BCUT2D eigenvalue weighted by molar-refractivity contribution is -0.139. The van der Waals surface area contributed by atoms with E-state index >= 15 is 0 Å². The van der Waals surface area contributed by atoms with E-state index in [9.17, 15) is 4.79 Å².